The van der Waals surface area contributed by atoms with Gasteiger partial charge in [0.25, 0.3) is 0 Å². The topological polar surface area (TPSA) is 35.5 Å². The molecule has 0 saturated heterocycles. The van der Waals surface area contributed by atoms with Crippen LogP contribution in [0.3, 0.4) is 0 Å². The normalized spacial score (nSPS) is 10.8. The third kappa shape index (κ3) is 7.79. The molecule has 3 nitrogen and oxygen atoms in total. The Morgan fingerprint density at radius 2 is 1.50 bits per heavy atom. The highest BCUT2D eigenvalue weighted by atomic mass is 31.1. The largest absolute Gasteiger partial charge is 0.493 e. The monoisotopic (exact) mass is 324 g/mol. The first-order valence-electron chi connectivity index (χ1n) is 8.54. The van der Waals surface area contributed by atoms with Gasteiger partial charge in [0.2, 0.25) is 0 Å². The molecule has 0 spiro atoms. The van der Waals surface area contributed by atoms with Crippen molar-refractivity contribution in [3.05, 3.63) is 18.2 Å². The van der Waals surface area contributed by atoms with Crippen molar-refractivity contribution in [2.75, 3.05) is 13.2 Å². The SMILES string of the molecule is CCCCCCOc1ccc(P=O)c(OCCCCCC)c1. The van der Waals surface area contributed by atoms with E-state index in [-0.39, 0.29) is 8.46 Å². The molecule has 0 radical (unpaired) electrons. The van der Waals surface area contributed by atoms with Gasteiger partial charge in [-0.2, -0.15) is 0 Å². The molecule has 0 aromatic heterocycles. The highest BCUT2D eigenvalue weighted by Crippen LogP contribution is 2.22. The van der Waals surface area contributed by atoms with Gasteiger partial charge < -0.3 is 9.47 Å². The molecule has 0 saturated carbocycles. The van der Waals surface area contributed by atoms with Crippen molar-refractivity contribution >= 4 is 13.8 Å². The lowest BCUT2D eigenvalue weighted by Crippen LogP contribution is -2.06. The molecule has 0 amide bonds. The summed E-state index contributed by atoms with van der Waals surface area (Å²) < 4.78 is 22.7. The summed E-state index contributed by atoms with van der Waals surface area (Å²) in [6, 6.07) is 5.54. The summed E-state index contributed by atoms with van der Waals surface area (Å²) in [5.74, 6) is 1.48. The van der Waals surface area contributed by atoms with Gasteiger partial charge in [0.1, 0.15) is 11.5 Å². The summed E-state index contributed by atoms with van der Waals surface area (Å²) in [5.41, 5.74) is 0. The van der Waals surface area contributed by atoms with Gasteiger partial charge in [-0.15, -0.1) is 0 Å². The van der Waals surface area contributed by atoms with Crippen molar-refractivity contribution < 1.29 is 14.0 Å². The molecule has 0 aliphatic rings. The molecule has 0 atom stereocenters. The van der Waals surface area contributed by atoms with E-state index in [1.54, 1.807) is 0 Å². The molecule has 0 heterocycles. The van der Waals surface area contributed by atoms with Crippen molar-refractivity contribution in [3.8, 4) is 11.5 Å². The predicted molar refractivity (Wildman–Crippen MR) is 93.0 cm³/mol. The number of ether oxygens (including phenoxy) is 2. The van der Waals surface area contributed by atoms with Crippen LogP contribution >= 0.6 is 8.46 Å². The Balaban J connectivity index is 2.44. The average Bonchev–Trinajstić information content (AvgIpc) is 2.54. The maximum Gasteiger partial charge on any atom is 0.196 e. The predicted octanol–water partition coefficient (Wildman–Crippen LogP) is 5.52. The van der Waals surface area contributed by atoms with Crippen molar-refractivity contribution in [2.45, 2.75) is 65.2 Å². The fourth-order valence-electron chi connectivity index (χ4n) is 2.21. The summed E-state index contributed by atoms with van der Waals surface area (Å²) in [7, 11) is -0.00702. The lowest BCUT2D eigenvalue weighted by molar-refractivity contribution is 0.292. The molecular formula is C18H29O3P. The lowest BCUT2D eigenvalue weighted by atomic mass is 10.2. The second kappa shape index (κ2) is 12.5. The van der Waals surface area contributed by atoms with Crippen molar-refractivity contribution in [2.24, 2.45) is 0 Å². The summed E-state index contributed by atoms with van der Waals surface area (Å²) >= 11 is 0. The molecule has 22 heavy (non-hydrogen) atoms. The first-order valence-corrected chi connectivity index (χ1v) is 9.36. The molecule has 4 heteroatoms. The molecule has 0 aliphatic carbocycles. The number of hydrogen-bond acceptors (Lipinski definition) is 3. The van der Waals surface area contributed by atoms with Crippen molar-refractivity contribution in [1.82, 2.24) is 0 Å². The molecule has 1 aromatic carbocycles. The Morgan fingerprint density at radius 1 is 0.864 bits per heavy atom. The number of hydrogen-bond donors (Lipinski definition) is 0. The number of benzene rings is 1. The van der Waals surface area contributed by atoms with E-state index in [0.29, 0.717) is 17.7 Å². The zero-order chi connectivity index (χ0) is 16.0. The van der Waals surface area contributed by atoms with Crippen LogP contribution in [0.2, 0.25) is 0 Å². The fraction of sp³-hybridized carbons (Fsp3) is 0.667. The van der Waals surface area contributed by atoms with Crippen LogP contribution in [0.5, 0.6) is 11.5 Å². The van der Waals surface area contributed by atoms with Crippen LogP contribution in [0.1, 0.15) is 65.2 Å². The molecule has 0 N–H and O–H groups in total. The first kappa shape index (κ1) is 19.0. The van der Waals surface area contributed by atoms with Crippen LogP contribution in [0.25, 0.3) is 0 Å². The second-order valence-electron chi connectivity index (χ2n) is 5.54. The smallest absolute Gasteiger partial charge is 0.196 e. The van der Waals surface area contributed by atoms with E-state index in [4.69, 9.17) is 9.47 Å². The fourth-order valence-corrected chi connectivity index (χ4v) is 2.56. The minimum absolute atomic E-state index is 0.00702. The molecule has 0 bridgehead atoms. The Kier molecular flexibility index (Phi) is 10.7. The zero-order valence-electron chi connectivity index (χ0n) is 14.0. The third-order valence-corrected chi connectivity index (χ3v) is 4.12. The van der Waals surface area contributed by atoms with Crippen LogP contribution in [-0.4, -0.2) is 13.2 Å². The summed E-state index contributed by atoms with van der Waals surface area (Å²) in [6.07, 6.45) is 9.41. The van der Waals surface area contributed by atoms with Crippen LogP contribution < -0.4 is 14.8 Å². The molecule has 124 valence electrons. The second-order valence-corrected chi connectivity index (χ2v) is 6.20. The van der Waals surface area contributed by atoms with Crippen LogP contribution in [0.15, 0.2) is 18.2 Å². The maximum absolute atomic E-state index is 11.2. The lowest BCUT2D eigenvalue weighted by Gasteiger charge is -2.11. The van der Waals surface area contributed by atoms with Crippen molar-refractivity contribution in [1.29, 1.82) is 0 Å². The summed E-state index contributed by atoms with van der Waals surface area (Å²) in [6.45, 7) is 5.79. The Bertz CT molecular complexity index is 421. The first-order chi connectivity index (χ1) is 10.8. The van der Waals surface area contributed by atoms with Gasteiger partial charge in [0.15, 0.2) is 8.46 Å². The average molecular weight is 324 g/mol. The number of unbranched alkanes of at least 4 members (excludes halogenated alkanes) is 6. The van der Waals surface area contributed by atoms with E-state index >= 15 is 0 Å². The van der Waals surface area contributed by atoms with Crippen LogP contribution in [-0.2, 0) is 4.57 Å². The van der Waals surface area contributed by atoms with E-state index < -0.39 is 0 Å². The molecule has 0 unspecified atom stereocenters. The quantitative estimate of drug-likeness (QED) is 0.354. The minimum Gasteiger partial charge on any atom is -0.493 e. The Morgan fingerprint density at radius 3 is 2.09 bits per heavy atom. The van der Waals surface area contributed by atoms with Gasteiger partial charge in [-0.05, 0) is 25.0 Å². The zero-order valence-corrected chi connectivity index (χ0v) is 14.9. The van der Waals surface area contributed by atoms with E-state index in [9.17, 15) is 4.57 Å². The standard InChI is InChI=1S/C18H29O3P/c1-3-5-7-9-13-20-16-11-12-18(22-19)17(15-16)21-14-10-8-6-4-2/h11-12,15H,3-10,13-14H2,1-2H3. The minimum atomic E-state index is -0.00702. The van der Waals surface area contributed by atoms with E-state index in [2.05, 4.69) is 13.8 Å². The molecule has 1 aromatic rings. The summed E-state index contributed by atoms with van der Waals surface area (Å²) in [4.78, 5) is 0. The van der Waals surface area contributed by atoms with E-state index in [1.807, 2.05) is 18.2 Å². The van der Waals surface area contributed by atoms with Gasteiger partial charge in [0, 0.05) is 6.07 Å². The molecule has 0 fully saturated rings. The van der Waals surface area contributed by atoms with Gasteiger partial charge in [0.05, 0.1) is 18.5 Å². The van der Waals surface area contributed by atoms with Crippen molar-refractivity contribution in [3.63, 3.8) is 0 Å². The maximum atomic E-state index is 11.2. The van der Waals surface area contributed by atoms with E-state index in [1.165, 1.54) is 38.5 Å². The van der Waals surface area contributed by atoms with Gasteiger partial charge in [-0.1, -0.05) is 52.4 Å². The highest BCUT2D eigenvalue weighted by molar-refractivity contribution is 7.34. The van der Waals surface area contributed by atoms with Gasteiger partial charge >= 0.3 is 0 Å². The molecule has 0 aliphatic heterocycles. The van der Waals surface area contributed by atoms with Crippen LogP contribution in [0.4, 0.5) is 0 Å². The van der Waals surface area contributed by atoms with Gasteiger partial charge in [-0.25, -0.2) is 0 Å². The molecular weight excluding hydrogens is 295 g/mol. The Labute approximate surface area is 136 Å². The summed E-state index contributed by atoms with van der Waals surface area (Å²) in [5, 5.41) is 0.689. The van der Waals surface area contributed by atoms with Gasteiger partial charge in [-0.3, -0.25) is 4.57 Å². The third-order valence-electron chi connectivity index (χ3n) is 3.55. The van der Waals surface area contributed by atoms with E-state index in [0.717, 1.165) is 25.2 Å². The van der Waals surface area contributed by atoms with Crippen LogP contribution in [0, 0.1) is 0 Å². The Hall–Kier alpha value is -1.08. The highest BCUT2D eigenvalue weighted by Gasteiger charge is 2.06. The number of rotatable bonds is 13. The molecule has 1 rings (SSSR count).